The topological polar surface area (TPSA) is 66.5 Å². The van der Waals surface area contributed by atoms with Crippen molar-refractivity contribution in [3.63, 3.8) is 0 Å². The molecule has 3 aromatic carbocycles. The molecule has 0 bridgehead atoms. The third-order valence-electron chi connectivity index (χ3n) is 8.08. The zero-order valence-electron chi connectivity index (χ0n) is 20.3. The molecule has 1 N–H and O–H groups in total. The molecule has 0 unspecified atom stereocenters. The Balaban J connectivity index is 1.55. The molecule has 4 heterocycles. The second-order valence-electron chi connectivity index (χ2n) is 9.92. The standard InChI is InChI=1S/C31H20Cl2N2O3S/c32-18-11-12-20(22(33)16-18)27(36)26-25(28(37)24-10-5-15-39-24)31(21-8-3-4-9-23(21)34-30(31)38)29-19-7-2-1-6-17(19)13-14-35(26)29/h1-16,25-26,29H,(H,34,38)/t25-,26-,29+,31+/m0/s1. The quantitative estimate of drug-likeness (QED) is 0.267. The molecular formula is C31H20Cl2N2O3S. The van der Waals surface area contributed by atoms with Crippen LogP contribution in [0.5, 0.6) is 0 Å². The van der Waals surface area contributed by atoms with Crippen molar-refractivity contribution in [3.05, 3.63) is 128 Å². The number of carbonyl (C=O) groups is 3. The first-order chi connectivity index (χ1) is 18.9. The number of fused-ring (bicyclic) bond motifs is 6. The van der Waals surface area contributed by atoms with E-state index in [1.165, 1.54) is 17.4 Å². The number of rotatable bonds is 4. The van der Waals surface area contributed by atoms with Gasteiger partial charge in [-0.1, -0.05) is 71.7 Å². The minimum atomic E-state index is -1.36. The third kappa shape index (κ3) is 3.35. The third-order valence-corrected chi connectivity index (χ3v) is 9.51. The number of benzene rings is 3. The number of para-hydroxylation sites is 1. The fraction of sp³-hybridized carbons (Fsp3) is 0.129. The monoisotopic (exact) mass is 570 g/mol. The summed E-state index contributed by atoms with van der Waals surface area (Å²) in [6.45, 7) is 0. The molecule has 0 saturated carbocycles. The molecule has 1 fully saturated rings. The number of thiophene rings is 1. The number of Topliss-reactive ketones (excluding diaryl/α,β-unsaturated/α-hetero) is 2. The molecule has 3 aliphatic heterocycles. The van der Waals surface area contributed by atoms with E-state index in [1.54, 1.807) is 24.3 Å². The van der Waals surface area contributed by atoms with Gasteiger partial charge in [0.1, 0.15) is 11.5 Å². The summed E-state index contributed by atoms with van der Waals surface area (Å²) in [7, 11) is 0. The molecule has 1 amide bonds. The van der Waals surface area contributed by atoms with Crippen molar-refractivity contribution in [3.8, 4) is 0 Å². The molecule has 1 saturated heterocycles. The molecule has 1 spiro atoms. The van der Waals surface area contributed by atoms with E-state index >= 15 is 0 Å². The minimum absolute atomic E-state index is 0.199. The van der Waals surface area contributed by atoms with Crippen molar-refractivity contribution < 1.29 is 14.4 Å². The fourth-order valence-electron chi connectivity index (χ4n) is 6.59. The van der Waals surface area contributed by atoms with Gasteiger partial charge in [-0.05, 0) is 58.5 Å². The lowest BCUT2D eigenvalue weighted by Crippen LogP contribution is -2.49. The van der Waals surface area contributed by atoms with Crippen LogP contribution in [0.3, 0.4) is 0 Å². The van der Waals surface area contributed by atoms with Crippen molar-refractivity contribution in [2.24, 2.45) is 5.92 Å². The van der Waals surface area contributed by atoms with Gasteiger partial charge >= 0.3 is 0 Å². The zero-order chi connectivity index (χ0) is 26.9. The molecule has 8 heteroatoms. The van der Waals surface area contributed by atoms with E-state index < -0.39 is 23.4 Å². The average Bonchev–Trinajstić information content (AvgIpc) is 3.65. The normalized spacial score (nSPS) is 24.3. The highest BCUT2D eigenvalue weighted by Crippen LogP contribution is 2.62. The van der Waals surface area contributed by atoms with Crippen LogP contribution in [0.1, 0.15) is 42.8 Å². The first kappa shape index (κ1) is 24.3. The van der Waals surface area contributed by atoms with Crippen molar-refractivity contribution >= 4 is 63.8 Å². The number of amides is 1. The Bertz CT molecular complexity index is 1720. The summed E-state index contributed by atoms with van der Waals surface area (Å²) in [5.74, 6) is -1.91. The fourth-order valence-corrected chi connectivity index (χ4v) is 7.79. The summed E-state index contributed by atoms with van der Waals surface area (Å²) >= 11 is 14.0. The van der Waals surface area contributed by atoms with Crippen LogP contribution < -0.4 is 5.32 Å². The Morgan fingerprint density at radius 2 is 1.72 bits per heavy atom. The second kappa shape index (κ2) is 8.91. The molecule has 5 nitrogen and oxygen atoms in total. The molecule has 3 aliphatic rings. The first-order valence-corrected chi connectivity index (χ1v) is 14.1. The van der Waals surface area contributed by atoms with Gasteiger partial charge in [0.15, 0.2) is 11.6 Å². The summed E-state index contributed by atoms with van der Waals surface area (Å²) in [6, 6.07) is 21.9. The predicted molar refractivity (Wildman–Crippen MR) is 154 cm³/mol. The maximum absolute atomic E-state index is 14.5. The van der Waals surface area contributed by atoms with Crippen molar-refractivity contribution in [2.75, 3.05) is 5.32 Å². The molecule has 1 aromatic heterocycles. The Hall–Kier alpha value is -3.71. The number of anilines is 1. The lowest BCUT2D eigenvalue weighted by Gasteiger charge is -2.38. The van der Waals surface area contributed by atoms with Crippen molar-refractivity contribution in [1.29, 1.82) is 0 Å². The second-order valence-corrected chi connectivity index (χ2v) is 11.7. The van der Waals surface area contributed by atoms with Crippen molar-refractivity contribution in [1.82, 2.24) is 4.90 Å². The Morgan fingerprint density at radius 1 is 0.923 bits per heavy atom. The zero-order valence-corrected chi connectivity index (χ0v) is 22.6. The highest BCUT2D eigenvalue weighted by Gasteiger charge is 2.70. The highest BCUT2D eigenvalue weighted by atomic mass is 35.5. The van der Waals surface area contributed by atoms with E-state index in [9.17, 15) is 14.4 Å². The van der Waals surface area contributed by atoms with Gasteiger partial charge in [0.25, 0.3) is 0 Å². The molecule has 0 radical (unpaired) electrons. The van der Waals surface area contributed by atoms with Crippen LogP contribution in [-0.4, -0.2) is 28.4 Å². The SMILES string of the molecule is O=C(c1ccc(Cl)cc1Cl)[C@@H]1[C@@H](C(=O)c2cccs2)[C@@]2(C(=O)Nc3ccccc32)[C@H]2c3ccccc3C=CN12. The maximum atomic E-state index is 14.5. The summed E-state index contributed by atoms with van der Waals surface area (Å²) in [6.07, 6.45) is 3.77. The number of nitrogens with zero attached hydrogens (tertiary/aromatic N) is 1. The molecular weight excluding hydrogens is 551 g/mol. The number of hydrogen-bond donors (Lipinski definition) is 1. The van der Waals surface area contributed by atoms with Gasteiger partial charge in [-0.3, -0.25) is 14.4 Å². The Labute approximate surface area is 238 Å². The number of halogens is 2. The Kier molecular flexibility index (Phi) is 5.56. The summed E-state index contributed by atoms with van der Waals surface area (Å²) in [4.78, 5) is 45.8. The number of hydrogen-bond acceptors (Lipinski definition) is 5. The van der Waals surface area contributed by atoms with Gasteiger partial charge in [-0.2, -0.15) is 0 Å². The molecule has 4 aromatic rings. The van der Waals surface area contributed by atoms with E-state index in [0.29, 0.717) is 21.2 Å². The molecule has 39 heavy (non-hydrogen) atoms. The van der Waals surface area contributed by atoms with Crippen LogP contribution in [0, 0.1) is 5.92 Å². The van der Waals surface area contributed by atoms with E-state index in [1.807, 2.05) is 71.1 Å². The lowest BCUT2D eigenvalue weighted by atomic mass is 9.63. The van der Waals surface area contributed by atoms with Crippen LogP contribution >= 0.6 is 34.5 Å². The number of nitrogens with one attached hydrogen (secondary N) is 1. The Morgan fingerprint density at radius 3 is 2.51 bits per heavy atom. The molecule has 4 atom stereocenters. The van der Waals surface area contributed by atoms with Gasteiger partial charge in [-0.15, -0.1) is 11.3 Å². The van der Waals surface area contributed by atoms with Gasteiger partial charge in [0.05, 0.1) is 21.9 Å². The summed E-state index contributed by atoms with van der Waals surface area (Å²) in [5.41, 5.74) is 2.07. The van der Waals surface area contributed by atoms with Crippen LogP contribution in [0.25, 0.3) is 6.08 Å². The smallest absolute Gasteiger partial charge is 0.238 e. The van der Waals surface area contributed by atoms with Gasteiger partial charge in [0.2, 0.25) is 5.91 Å². The van der Waals surface area contributed by atoms with Crippen LogP contribution in [0.2, 0.25) is 10.0 Å². The minimum Gasteiger partial charge on any atom is -0.358 e. The molecule has 7 rings (SSSR count). The van der Waals surface area contributed by atoms with Gasteiger partial charge in [-0.25, -0.2) is 0 Å². The van der Waals surface area contributed by atoms with E-state index in [2.05, 4.69) is 5.32 Å². The molecule has 192 valence electrons. The lowest BCUT2D eigenvalue weighted by molar-refractivity contribution is -0.122. The van der Waals surface area contributed by atoms with Crippen LogP contribution in [-0.2, 0) is 10.2 Å². The first-order valence-electron chi connectivity index (χ1n) is 12.5. The van der Waals surface area contributed by atoms with Gasteiger partial charge in [0, 0.05) is 22.5 Å². The number of ketones is 2. The highest BCUT2D eigenvalue weighted by molar-refractivity contribution is 7.12. The largest absolute Gasteiger partial charge is 0.358 e. The van der Waals surface area contributed by atoms with E-state index in [4.69, 9.17) is 23.2 Å². The average molecular weight is 571 g/mol. The van der Waals surface area contributed by atoms with E-state index in [-0.39, 0.29) is 28.1 Å². The van der Waals surface area contributed by atoms with Gasteiger partial charge < -0.3 is 10.2 Å². The van der Waals surface area contributed by atoms with Crippen LogP contribution in [0.4, 0.5) is 5.69 Å². The van der Waals surface area contributed by atoms with Crippen molar-refractivity contribution in [2.45, 2.75) is 17.5 Å². The summed E-state index contributed by atoms with van der Waals surface area (Å²) < 4.78 is 0. The van der Waals surface area contributed by atoms with Crippen LogP contribution in [0.15, 0.2) is 90.4 Å². The maximum Gasteiger partial charge on any atom is 0.238 e. The number of carbonyl (C=O) groups excluding carboxylic acids is 3. The van der Waals surface area contributed by atoms with E-state index in [0.717, 1.165) is 11.1 Å². The summed E-state index contributed by atoms with van der Waals surface area (Å²) in [5, 5.41) is 5.48. The predicted octanol–water partition coefficient (Wildman–Crippen LogP) is 7.04. The molecule has 0 aliphatic carbocycles.